The molecule has 1 unspecified atom stereocenters. The lowest BCUT2D eigenvalue weighted by molar-refractivity contribution is -0.137. The van der Waals surface area contributed by atoms with Crippen LogP contribution in [0.3, 0.4) is 0 Å². The van der Waals surface area contributed by atoms with Gasteiger partial charge in [-0.25, -0.2) is 0 Å². The largest absolute Gasteiger partial charge is 0.340 e. The predicted octanol–water partition coefficient (Wildman–Crippen LogP) is 3.25. The van der Waals surface area contributed by atoms with Gasteiger partial charge in [-0.15, -0.1) is 0 Å². The maximum Gasteiger partial charge on any atom is 0.225 e. The van der Waals surface area contributed by atoms with Crippen molar-refractivity contribution in [3.63, 3.8) is 0 Å². The van der Waals surface area contributed by atoms with Gasteiger partial charge in [0.1, 0.15) is 0 Å². The summed E-state index contributed by atoms with van der Waals surface area (Å²) in [5.74, 6) is 0.593. The van der Waals surface area contributed by atoms with Crippen molar-refractivity contribution in [2.24, 2.45) is 5.92 Å². The molecular weight excluding hydrogens is 272 g/mol. The Morgan fingerprint density at radius 3 is 2.50 bits per heavy atom. The first-order chi connectivity index (χ1) is 10.7. The van der Waals surface area contributed by atoms with E-state index in [1.165, 1.54) is 24.0 Å². The van der Waals surface area contributed by atoms with Crippen molar-refractivity contribution in [3.8, 4) is 0 Å². The molecule has 1 aromatic rings. The summed E-state index contributed by atoms with van der Waals surface area (Å²) in [4.78, 5) is 17.2. The average Bonchev–Trinajstić information content (AvgIpc) is 3.00. The third kappa shape index (κ3) is 2.91. The number of hydrogen-bond acceptors (Lipinski definition) is 2. The number of rotatable bonds is 4. The van der Waals surface area contributed by atoms with Crippen LogP contribution in [0, 0.1) is 5.92 Å². The van der Waals surface area contributed by atoms with E-state index in [9.17, 15) is 4.79 Å². The van der Waals surface area contributed by atoms with E-state index in [1.807, 2.05) is 0 Å². The number of carbonyl (C=O) groups is 1. The lowest BCUT2D eigenvalue weighted by Crippen LogP contribution is -2.50. The Balaban J connectivity index is 1.60. The van der Waals surface area contributed by atoms with Gasteiger partial charge in [0.2, 0.25) is 5.91 Å². The van der Waals surface area contributed by atoms with E-state index < -0.39 is 0 Å². The summed E-state index contributed by atoms with van der Waals surface area (Å²) in [6.07, 6.45) is 4.37. The Kier molecular flexibility index (Phi) is 4.82. The van der Waals surface area contributed by atoms with E-state index in [0.717, 1.165) is 39.0 Å². The molecule has 22 heavy (non-hydrogen) atoms. The molecule has 1 aromatic carbocycles. The van der Waals surface area contributed by atoms with Crippen LogP contribution in [-0.4, -0.2) is 41.9 Å². The number of piperazine rings is 1. The van der Waals surface area contributed by atoms with Crippen LogP contribution in [0.1, 0.15) is 50.3 Å². The lowest BCUT2D eigenvalue weighted by atomic mass is 10.0. The molecule has 1 amide bonds. The van der Waals surface area contributed by atoms with Crippen molar-refractivity contribution in [1.82, 2.24) is 9.80 Å². The molecule has 0 saturated carbocycles. The first-order valence-electron chi connectivity index (χ1n) is 8.85. The van der Waals surface area contributed by atoms with Crippen LogP contribution >= 0.6 is 0 Å². The van der Waals surface area contributed by atoms with Crippen molar-refractivity contribution in [2.45, 2.75) is 45.6 Å². The van der Waals surface area contributed by atoms with Crippen molar-refractivity contribution < 1.29 is 4.79 Å². The summed E-state index contributed by atoms with van der Waals surface area (Å²) < 4.78 is 0. The van der Waals surface area contributed by atoms with Gasteiger partial charge in [-0.05, 0) is 36.8 Å². The van der Waals surface area contributed by atoms with Gasteiger partial charge in [0, 0.05) is 38.1 Å². The number of aryl methyl sites for hydroxylation is 1. The molecule has 0 radical (unpaired) electrons. The number of nitrogens with zero attached hydrogens (tertiary/aromatic N) is 2. The van der Waals surface area contributed by atoms with Crippen LogP contribution in [0.25, 0.3) is 0 Å². The van der Waals surface area contributed by atoms with Gasteiger partial charge >= 0.3 is 0 Å². The van der Waals surface area contributed by atoms with E-state index in [1.54, 1.807) is 0 Å². The van der Waals surface area contributed by atoms with E-state index in [0.29, 0.717) is 11.9 Å². The number of carbonyl (C=O) groups excluding carboxylic acids is 1. The summed E-state index contributed by atoms with van der Waals surface area (Å²) in [6.45, 7) is 8.08. The molecule has 3 rings (SSSR count). The van der Waals surface area contributed by atoms with Gasteiger partial charge in [0.05, 0.1) is 0 Å². The fraction of sp³-hybridized carbons (Fsp3) is 0.632. The molecule has 0 bridgehead atoms. The fourth-order valence-corrected chi connectivity index (χ4v) is 4.06. The SMILES string of the molecule is CCC(CC)C(=O)N1CCN(C2CCc3ccccc32)CC1. The van der Waals surface area contributed by atoms with Gasteiger partial charge in [-0.1, -0.05) is 38.1 Å². The molecule has 0 N–H and O–H groups in total. The molecule has 1 atom stereocenters. The van der Waals surface area contributed by atoms with Gasteiger partial charge < -0.3 is 4.90 Å². The first-order valence-corrected chi connectivity index (χ1v) is 8.85. The molecule has 1 fully saturated rings. The average molecular weight is 300 g/mol. The van der Waals surface area contributed by atoms with Crippen LogP contribution in [0.5, 0.6) is 0 Å². The molecule has 1 aliphatic heterocycles. The second-order valence-electron chi connectivity index (χ2n) is 6.63. The minimum absolute atomic E-state index is 0.221. The highest BCUT2D eigenvalue weighted by Crippen LogP contribution is 2.36. The monoisotopic (exact) mass is 300 g/mol. The minimum Gasteiger partial charge on any atom is -0.340 e. The maximum absolute atomic E-state index is 12.5. The summed E-state index contributed by atoms with van der Waals surface area (Å²) in [5, 5.41) is 0. The van der Waals surface area contributed by atoms with Crippen molar-refractivity contribution >= 4 is 5.91 Å². The molecule has 0 spiro atoms. The van der Waals surface area contributed by atoms with Gasteiger partial charge in [0.15, 0.2) is 0 Å². The van der Waals surface area contributed by atoms with Crippen molar-refractivity contribution in [2.75, 3.05) is 26.2 Å². The summed E-state index contributed by atoms with van der Waals surface area (Å²) >= 11 is 0. The molecule has 0 aromatic heterocycles. The minimum atomic E-state index is 0.221. The summed E-state index contributed by atoms with van der Waals surface area (Å²) in [6, 6.07) is 9.43. The van der Waals surface area contributed by atoms with Crippen molar-refractivity contribution in [1.29, 1.82) is 0 Å². The van der Waals surface area contributed by atoms with Gasteiger partial charge in [-0.2, -0.15) is 0 Å². The third-order valence-electron chi connectivity index (χ3n) is 5.50. The van der Waals surface area contributed by atoms with Crippen molar-refractivity contribution in [3.05, 3.63) is 35.4 Å². The van der Waals surface area contributed by atoms with Crippen LogP contribution in [0.4, 0.5) is 0 Å². The second-order valence-corrected chi connectivity index (χ2v) is 6.63. The lowest BCUT2D eigenvalue weighted by Gasteiger charge is -2.39. The Labute approximate surface area is 134 Å². The normalized spacial score (nSPS) is 22.1. The zero-order chi connectivity index (χ0) is 15.5. The van der Waals surface area contributed by atoms with E-state index in [4.69, 9.17) is 0 Å². The van der Waals surface area contributed by atoms with E-state index >= 15 is 0 Å². The molecule has 2 aliphatic rings. The predicted molar refractivity (Wildman–Crippen MR) is 89.7 cm³/mol. The Morgan fingerprint density at radius 2 is 1.82 bits per heavy atom. The topological polar surface area (TPSA) is 23.6 Å². The smallest absolute Gasteiger partial charge is 0.225 e. The first kappa shape index (κ1) is 15.5. The van der Waals surface area contributed by atoms with Crippen LogP contribution < -0.4 is 0 Å². The Hall–Kier alpha value is -1.35. The highest BCUT2D eigenvalue weighted by Gasteiger charge is 2.32. The van der Waals surface area contributed by atoms with E-state index in [-0.39, 0.29) is 5.92 Å². The molecule has 3 heteroatoms. The molecule has 1 heterocycles. The molecule has 120 valence electrons. The Bertz CT molecular complexity index is 516. The highest BCUT2D eigenvalue weighted by atomic mass is 16.2. The zero-order valence-electron chi connectivity index (χ0n) is 13.9. The Morgan fingerprint density at radius 1 is 1.14 bits per heavy atom. The molecule has 1 aliphatic carbocycles. The van der Waals surface area contributed by atoms with Gasteiger partial charge in [-0.3, -0.25) is 9.69 Å². The maximum atomic E-state index is 12.5. The fourth-order valence-electron chi connectivity index (χ4n) is 4.06. The van der Waals surface area contributed by atoms with E-state index in [2.05, 4.69) is 47.9 Å². The number of hydrogen-bond donors (Lipinski definition) is 0. The zero-order valence-corrected chi connectivity index (χ0v) is 13.9. The second kappa shape index (κ2) is 6.82. The third-order valence-corrected chi connectivity index (χ3v) is 5.50. The standard InChI is InChI=1S/C19H28N2O/c1-3-15(4-2)19(22)21-13-11-20(12-14-21)18-10-9-16-7-5-6-8-17(16)18/h5-8,15,18H,3-4,9-14H2,1-2H3. The number of benzene rings is 1. The van der Waals surface area contributed by atoms with Crippen LogP contribution in [0.15, 0.2) is 24.3 Å². The summed E-state index contributed by atoms with van der Waals surface area (Å²) in [7, 11) is 0. The highest BCUT2D eigenvalue weighted by molar-refractivity contribution is 5.78. The summed E-state index contributed by atoms with van der Waals surface area (Å²) in [5.41, 5.74) is 3.03. The quantitative estimate of drug-likeness (QED) is 0.852. The molecule has 3 nitrogen and oxygen atoms in total. The number of fused-ring (bicyclic) bond motifs is 1. The van der Waals surface area contributed by atoms with Gasteiger partial charge in [0.25, 0.3) is 0 Å². The molecule has 1 saturated heterocycles. The number of amides is 1. The van der Waals surface area contributed by atoms with Crippen LogP contribution in [0.2, 0.25) is 0 Å². The van der Waals surface area contributed by atoms with Crippen LogP contribution in [-0.2, 0) is 11.2 Å². The molecular formula is C19H28N2O.